The van der Waals surface area contributed by atoms with Crippen molar-refractivity contribution < 1.29 is 31.6 Å². The van der Waals surface area contributed by atoms with Crippen LogP contribution in [-0.4, -0.2) is 30.4 Å². The lowest BCUT2D eigenvalue weighted by atomic mass is 10.1. The number of benzene rings is 1. The van der Waals surface area contributed by atoms with Crippen LogP contribution in [0.5, 0.6) is 0 Å². The number of rotatable bonds is 3. The number of halogens is 3. The van der Waals surface area contributed by atoms with Crippen molar-refractivity contribution >= 4 is 27.3 Å². The van der Waals surface area contributed by atoms with Crippen LogP contribution in [0.3, 0.4) is 0 Å². The summed E-state index contributed by atoms with van der Waals surface area (Å²) in [6.45, 7) is 0.158. The summed E-state index contributed by atoms with van der Waals surface area (Å²) in [6, 6.07) is 4.84. The van der Waals surface area contributed by atoms with E-state index in [4.69, 9.17) is 5.21 Å². The zero-order valence-corrected chi connectivity index (χ0v) is 14.7. The molecule has 0 saturated heterocycles. The van der Waals surface area contributed by atoms with Crippen LogP contribution in [0.25, 0.3) is 0 Å². The van der Waals surface area contributed by atoms with E-state index in [0.717, 1.165) is 44.8 Å². The topological polar surface area (TPSA) is 86.7 Å². The SMILES string of the molecule is O=C(NO)c1cc2c(s1)CCN(S(=O)(=O)c1ccc(C(F)(F)F)cc1)C2. The maximum Gasteiger partial charge on any atom is 0.416 e. The maximum atomic E-state index is 12.7. The highest BCUT2D eigenvalue weighted by molar-refractivity contribution is 7.89. The van der Waals surface area contributed by atoms with Gasteiger partial charge in [-0.2, -0.15) is 17.5 Å². The van der Waals surface area contributed by atoms with Gasteiger partial charge in [-0.1, -0.05) is 0 Å². The minimum atomic E-state index is -4.54. The summed E-state index contributed by atoms with van der Waals surface area (Å²) in [5.41, 5.74) is 1.24. The molecule has 1 aromatic heterocycles. The first-order valence-corrected chi connectivity index (χ1v) is 9.62. The molecule has 0 unspecified atom stereocenters. The van der Waals surface area contributed by atoms with Crippen molar-refractivity contribution in [1.82, 2.24) is 9.79 Å². The first kappa shape index (κ1) is 18.8. The van der Waals surface area contributed by atoms with Crippen LogP contribution in [0.15, 0.2) is 35.2 Å². The molecule has 0 fully saturated rings. The number of sulfonamides is 1. The number of hydroxylamine groups is 1. The van der Waals surface area contributed by atoms with Crippen molar-refractivity contribution in [2.45, 2.75) is 24.0 Å². The number of amides is 1. The lowest BCUT2D eigenvalue weighted by molar-refractivity contribution is -0.137. The Morgan fingerprint density at radius 1 is 1.23 bits per heavy atom. The maximum absolute atomic E-state index is 12.7. The standard InChI is InChI=1S/C15H13F3N2O4S2/c16-15(17,18)10-1-3-11(4-2-10)26(23,24)20-6-5-12-9(8-20)7-13(25-12)14(21)19-22/h1-4,7,22H,5-6,8H2,(H,19,21). The normalized spacial score (nSPS) is 15.5. The number of carbonyl (C=O) groups is 1. The second-order valence-corrected chi connectivity index (χ2v) is 8.69. The molecule has 1 amide bonds. The van der Waals surface area contributed by atoms with Crippen LogP contribution in [-0.2, 0) is 29.2 Å². The molecule has 0 atom stereocenters. The Morgan fingerprint density at radius 2 is 1.88 bits per heavy atom. The zero-order chi connectivity index (χ0) is 19.1. The third kappa shape index (κ3) is 3.47. The zero-order valence-electron chi connectivity index (χ0n) is 13.1. The Hall–Kier alpha value is -1.95. The quantitative estimate of drug-likeness (QED) is 0.606. The largest absolute Gasteiger partial charge is 0.416 e. The first-order chi connectivity index (χ1) is 12.1. The van der Waals surface area contributed by atoms with Gasteiger partial charge < -0.3 is 0 Å². The predicted molar refractivity (Wildman–Crippen MR) is 86.3 cm³/mol. The lowest BCUT2D eigenvalue weighted by Gasteiger charge is -2.26. The third-order valence-corrected chi connectivity index (χ3v) is 7.07. The average Bonchev–Trinajstić information content (AvgIpc) is 3.03. The van der Waals surface area contributed by atoms with E-state index in [0.29, 0.717) is 12.0 Å². The summed E-state index contributed by atoms with van der Waals surface area (Å²) in [7, 11) is -3.96. The Balaban J connectivity index is 1.85. The minimum Gasteiger partial charge on any atom is -0.288 e. The summed E-state index contributed by atoms with van der Waals surface area (Å²) >= 11 is 1.16. The van der Waals surface area contributed by atoms with E-state index in [2.05, 4.69) is 0 Å². The lowest BCUT2D eigenvalue weighted by Crippen LogP contribution is -2.35. The van der Waals surface area contributed by atoms with Gasteiger partial charge in [0.15, 0.2) is 0 Å². The first-order valence-electron chi connectivity index (χ1n) is 7.36. The van der Waals surface area contributed by atoms with Gasteiger partial charge in [0.25, 0.3) is 5.91 Å². The molecular weight excluding hydrogens is 393 g/mol. The highest BCUT2D eigenvalue weighted by Gasteiger charge is 2.33. The van der Waals surface area contributed by atoms with E-state index in [9.17, 15) is 26.4 Å². The number of nitrogens with one attached hydrogen (secondary N) is 1. The second-order valence-electron chi connectivity index (χ2n) is 5.61. The van der Waals surface area contributed by atoms with Gasteiger partial charge in [0.1, 0.15) is 0 Å². The van der Waals surface area contributed by atoms with Gasteiger partial charge in [0.05, 0.1) is 15.3 Å². The molecule has 2 heterocycles. The highest BCUT2D eigenvalue weighted by atomic mass is 32.2. The fraction of sp³-hybridized carbons (Fsp3) is 0.267. The molecular formula is C15H13F3N2O4S2. The van der Waals surface area contributed by atoms with Crippen LogP contribution < -0.4 is 5.48 Å². The van der Waals surface area contributed by atoms with Gasteiger partial charge >= 0.3 is 6.18 Å². The summed E-state index contributed by atoms with van der Waals surface area (Å²) in [6.07, 6.45) is -4.17. The molecule has 1 aromatic carbocycles. The van der Waals surface area contributed by atoms with E-state index in [1.54, 1.807) is 0 Å². The number of hydrogen-bond donors (Lipinski definition) is 2. The van der Waals surface area contributed by atoms with Crippen molar-refractivity contribution in [3.63, 3.8) is 0 Å². The second kappa shape index (κ2) is 6.65. The van der Waals surface area contributed by atoms with Crippen LogP contribution in [0.1, 0.15) is 25.7 Å². The molecule has 1 aliphatic rings. The van der Waals surface area contributed by atoms with Crippen LogP contribution >= 0.6 is 11.3 Å². The van der Waals surface area contributed by atoms with Crippen molar-refractivity contribution in [3.8, 4) is 0 Å². The molecule has 0 saturated carbocycles. The molecule has 11 heteroatoms. The highest BCUT2D eigenvalue weighted by Crippen LogP contribution is 2.33. The molecule has 26 heavy (non-hydrogen) atoms. The molecule has 2 N–H and O–H groups in total. The summed E-state index contributed by atoms with van der Waals surface area (Å²) in [4.78, 5) is 12.3. The number of alkyl halides is 3. The summed E-state index contributed by atoms with van der Waals surface area (Å²) in [5, 5.41) is 8.68. The molecule has 140 valence electrons. The Kier molecular flexibility index (Phi) is 4.82. The molecule has 3 rings (SSSR count). The number of hydrogen-bond acceptors (Lipinski definition) is 5. The summed E-state index contributed by atoms with van der Waals surface area (Å²) < 4.78 is 64.4. The number of carbonyl (C=O) groups excluding carboxylic acids is 1. The van der Waals surface area contributed by atoms with E-state index in [1.807, 2.05) is 0 Å². The fourth-order valence-corrected chi connectivity index (χ4v) is 5.12. The molecule has 0 bridgehead atoms. The van der Waals surface area contributed by atoms with Crippen molar-refractivity contribution in [2.75, 3.05) is 6.54 Å². The Bertz CT molecular complexity index is 937. The van der Waals surface area contributed by atoms with Crippen LogP contribution in [0.4, 0.5) is 13.2 Å². The van der Waals surface area contributed by atoms with Gasteiger partial charge in [-0.15, -0.1) is 11.3 Å². The van der Waals surface area contributed by atoms with Crippen molar-refractivity contribution in [1.29, 1.82) is 0 Å². The number of thiophene rings is 1. The molecule has 0 aliphatic carbocycles. The third-order valence-electron chi connectivity index (χ3n) is 3.98. The Morgan fingerprint density at radius 3 is 2.46 bits per heavy atom. The molecule has 2 aromatic rings. The van der Waals surface area contributed by atoms with Gasteiger partial charge in [0.2, 0.25) is 10.0 Å². The average molecular weight is 406 g/mol. The van der Waals surface area contributed by atoms with E-state index >= 15 is 0 Å². The van der Waals surface area contributed by atoms with E-state index < -0.39 is 27.7 Å². The monoisotopic (exact) mass is 406 g/mol. The van der Waals surface area contributed by atoms with Crippen LogP contribution in [0.2, 0.25) is 0 Å². The molecule has 6 nitrogen and oxygen atoms in total. The van der Waals surface area contributed by atoms with Gasteiger partial charge in [0, 0.05) is 18.0 Å². The predicted octanol–water partition coefficient (Wildman–Crippen LogP) is 2.63. The van der Waals surface area contributed by atoms with Gasteiger partial charge in [-0.05, 0) is 42.3 Å². The van der Waals surface area contributed by atoms with Gasteiger partial charge in [-0.25, -0.2) is 13.9 Å². The van der Waals surface area contributed by atoms with E-state index in [1.165, 1.54) is 11.5 Å². The smallest absolute Gasteiger partial charge is 0.288 e. The van der Waals surface area contributed by atoms with E-state index in [-0.39, 0.29) is 22.9 Å². The molecule has 1 aliphatic heterocycles. The van der Waals surface area contributed by atoms with Gasteiger partial charge in [-0.3, -0.25) is 10.0 Å². The van der Waals surface area contributed by atoms with Crippen LogP contribution in [0, 0.1) is 0 Å². The number of fused-ring (bicyclic) bond motifs is 1. The fourth-order valence-electron chi connectivity index (χ4n) is 2.64. The Labute approximate surface area is 150 Å². The molecule has 0 spiro atoms. The van der Waals surface area contributed by atoms with Crippen molar-refractivity contribution in [3.05, 3.63) is 51.2 Å². The molecule has 0 radical (unpaired) electrons. The minimum absolute atomic E-state index is 0.00783. The summed E-state index contributed by atoms with van der Waals surface area (Å²) in [5.74, 6) is -0.679. The van der Waals surface area contributed by atoms with Crippen molar-refractivity contribution in [2.24, 2.45) is 0 Å². The number of nitrogens with zero attached hydrogens (tertiary/aromatic N) is 1.